The maximum atomic E-state index is 12.0. The Balaban J connectivity index is 1.88. The fourth-order valence-electron chi connectivity index (χ4n) is 2.75. The first-order valence-electron chi connectivity index (χ1n) is 7.56. The lowest BCUT2D eigenvalue weighted by Crippen LogP contribution is -2.47. The van der Waals surface area contributed by atoms with Gasteiger partial charge in [-0.2, -0.15) is 0 Å². The van der Waals surface area contributed by atoms with Gasteiger partial charge in [0.05, 0.1) is 19.3 Å². The molecule has 0 aromatic heterocycles. The van der Waals surface area contributed by atoms with E-state index in [2.05, 4.69) is 16.3 Å². The molecule has 5 heteroatoms. The molecule has 0 saturated carbocycles. The topological polar surface area (TPSA) is 50.8 Å². The van der Waals surface area contributed by atoms with Gasteiger partial charge < -0.3 is 19.7 Å². The number of hydrogen-bond acceptors (Lipinski definition) is 4. The summed E-state index contributed by atoms with van der Waals surface area (Å²) in [6, 6.07) is 15.7. The average molecular weight is 312 g/mol. The molecule has 5 nitrogen and oxygen atoms in total. The summed E-state index contributed by atoms with van der Waals surface area (Å²) in [5, 5.41) is 2.66. The number of hydrogen-bond donors (Lipinski definition) is 1. The highest BCUT2D eigenvalue weighted by atomic mass is 16.5. The summed E-state index contributed by atoms with van der Waals surface area (Å²) in [6.07, 6.45) is -0.513. The zero-order chi connectivity index (χ0) is 16.2. The molecular formula is C18H20N2O3. The predicted molar refractivity (Wildman–Crippen MR) is 89.0 cm³/mol. The van der Waals surface area contributed by atoms with Gasteiger partial charge in [-0.15, -0.1) is 0 Å². The predicted octanol–water partition coefficient (Wildman–Crippen LogP) is 2.21. The van der Waals surface area contributed by atoms with Crippen LogP contribution in [-0.2, 0) is 11.3 Å². The van der Waals surface area contributed by atoms with Crippen LogP contribution >= 0.6 is 0 Å². The van der Waals surface area contributed by atoms with E-state index in [0.717, 1.165) is 22.7 Å². The molecule has 0 saturated heterocycles. The van der Waals surface area contributed by atoms with Crippen LogP contribution in [0, 0.1) is 0 Å². The second-order valence-electron chi connectivity index (χ2n) is 5.42. The molecule has 0 spiro atoms. The number of ether oxygens (including phenoxy) is 2. The van der Waals surface area contributed by atoms with Crippen molar-refractivity contribution in [3.05, 3.63) is 54.1 Å². The summed E-state index contributed by atoms with van der Waals surface area (Å²) >= 11 is 0. The Hall–Kier alpha value is -2.69. The number of methoxy groups -OCH3 is 1. The first kappa shape index (κ1) is 15.2. The molecule has 0 bridgehead atoms. The summed E-state index contributed by atoms with van der Waals surface area (Å²) in [5.41, 5.74) is 2.12. The van der Waals surface area contributed by atoms with Gasteiger partial charge in [0.1, 0.15) is 11.5 Å². The smallest absolute Gasteiger partial charge is 0.262 e. The molecule has 23 heavy (non-hydrogen) atoms. The van der Waals surface area contributed by atoms with E-state index in [1.807, 2.05) is 42.5 Å². The lowest BCUT2D eigenvalue weighted by Gasteiger charge is -2.35. The fourth-order valence-corrected chi connectivity index (χ4v) is 2.75. The number of nitrogens with zero attached hydrogens (tertiary/aromatic N) is 1. The van der Waals surface area contributed by atoms with Gasteiger partial charge in [-0.05, 0) is 29.8 Å². The third-order valence-corrected chi connectivity index (χ3v) is 3.91. The number of fused-ring (bicyclic) bond motifs is 1. The third kappa shape index (κ3) is 3.23. The molecule has 120 valence electrons. The molecule has 1 atom stereocenters. The first-order valence-corrected chi connectivity index (χ1v) is 7.56. The minimum absolute atomic E-state index is 0.116. The van der Waals surface area contributed by atoms with Crippen molar-refractivity contribution in [2.75, 3.05) is 25.6 Å². The van der Waals surface area contributed by atoms with Gasteiger partial charge in [0.25, 0.3) is 5.91 Å². The van der Waals surface area contributed by atoms with E-state index in [4.69, 9.17) is 9.47 Å². The second-order valence-corrected chi connectivity index (χ2v) is 5.42. The van der Waals surface area contributed by atoms with Crippen LogP contribution in [0.2, 0.25) is 0 Å². The molecule has 1 amide bonds. The van der Waals surface area contributed by atoms with Crippen LogP contribution in [-0.4, -0.2) is 32.7 Å². The maximum absolute atomic E-state index is 12.0. The van der Waals surface area contributed by atoms with Crippen molar-refractivity contribution in [2.24, 2.45) is 0 Å². The molecule has 1 aliphatic rings. The van der Waals surface area contributed by atoms with Crippen molar-refractivity contribution in [2.45, 2.75) is 12.6 Å². The normalized spacial score (nSPS) is 16.3. The summed E-state index contributed by atoms with van der Waals surface area (Å²) in [5.74, 6) is 1.44. The lowest BCUT2D eigenvalue weighted by molar-refractivity contribution is -0.127. The number of carbonyl (C=O) groups is 1. The maximum Gasteiger partial charge on any atom is 0.262 e. The van der Waals surface area contributed by atoms with Crippen LogP contribution in [0.1, 0.15) is 5.56 Å². The molecule has 0 fully saturated rings. The first-order chi connectivity index (χ1) is 11.2. The molecule has 1 heterocycles. The van der Waals surface area contributed by atoms with Crippen molar-refractivity contribution in [1.82, 2.24) is 5.32 Å². The van der Waals surface area contributed by atoms with Crippen molar-refractivity contribution in [1.29, 1.82) is 0 Å². The number of amides is 1. The second kappa shape index (κ2) is 6.60. The number of benzene rings is 2. The molecule has 2 aromatic carbocycles. The van der Waals surface area contributed by atoms with Crippen molar-refractivity contribution in [3.8, 4) is 11.5 Å². The van der Waals surface area contributed by atoms with Crippen LogP contribution in [0.25, 0.3) is 0 Å². The molecule has 3 rings (SSSR count). The van der Waals surface area contributed by atoms with E-state index >= 15 is 0 Å². The standard InChI is InChI=1S/C18H20N2O3/c1-19-18(21)17-12-20(15-8-3-4-9-16(15)23-17)11-13-6-5-7-14(10-13)22-2/h3-10,17H,11-12H2,1-2H3,(H,19,21)/t17-/m0/s1. The van der Waals surface area contributed by atoms with Crippen LogP contribution in [0.3, 0.4) is 0 Å². The molecule has 1 N–H and O–H groups in total. The number of para-hydroxylation sites is 2. The van der Waals surface area contributed by atoms with Gasteiger partial charge in [0.2, 0.25) is 0 Å². The average Bonchev–Trinajstić information content (AvgIpc) is 2.61. The van der Waals surface area contributed by atoms with Crippen LogP contribution in [0.5, 0.6) is 11.5 Å². The van der Waals surface area contributed by atoms with E-state index < -0.39 is 6.10 Å². The summed E-state index contributed by atoms with van der Waals surface area (Å²) < 4.78 is 11.1. The SMILES string of the molecule is CNC(=O)[C@@H]1CN(Cc2cccc(OC)c2)c2ccccc2O1. The van der Waals surface area contributed by atoms with Crippen LogP contribution < -0.4 is 19.7 Å². The quantitative estimate of drug-likeness (QED) is 0.940. The zero-order valence-electron chi connectivity index (χ0n) is 13.3. The van der Waals surface area contributed by atoms with E-state index in [-0.39, 0.29) is 5.91 Å². The Morgan fingerprint density at radius 2 is 2.13 bits per heavy atom. The van der Waals surface area contributed by atoms with Crippen molar-refractivity contribution >= 4 is 11.6 Å². The monoisotopic (exact) mass is 312 g/mol. The number of carbonyl (C=O) groups excluding carboxylic acids is 1. The molecule has 2 aromatic rings. The Bertz CT molecular complexity index is 702. The highest BCUT2D eigenvalue weighted by Gasteiger charge is 2.29. The van der Waals surface area contributed by atoms with E-state index in [1.165, 1.54) is 0 Å². The Morgan fingerprint density at radius 3 is 2.91 bits per heavy atom. The minimum Gasteiger partial charge on any atom is -0.497 e. The number of rotatable bonds is 4. The van der Waals surface area contributed by atoms with Crippen molar-refractivity contribution < 1.29 is 14.3 Å². The van der Waals surface area contributed by atoms with Gasteiger partial charge in [0, 0.05) is 13.6 Å². The number of anilines is 1. The van der Waals surface area contributed by atoms with Gasteiger partial charge >= 0.3 is 0 Å². The molecule has 0 unspecified atom stereocenters. The van der Waals surface area contributed by atoms with Gasteiger partial charge in [-0.3, -0.25) is 4.79 Å². The van der Waals surface area contributed by atoms with Crippen LogP contribution in [0.4, 0.5) is 5.69 Å². The van der Waals surface area contributed by atoms with Gasteiger partial charge in [-0.1, -0.05) is 24.3 Å². The molecule has 1 aliphatic heterocycles. The highest BCUT2D eigenvalue weighted by Crippen LogP contribution is 2.34. The number of nitrogens with one attached hydrogen (secondary N) is 1. The Morgan fingerprint density at radius 1 is 1.30 bits per heavy atom. The lowest BCUT2D eigenvalue weighted by atomic mass is 10.1. The highest BCUT2D eigenvalue weighted by molar-refractivity contribution is 5.83. The molecule has 0 radical (unpaired) electrons. The van der Waals surface area contributed by atoms with E-state index in [0.29, 0.717) is 13.1 Å². The van der Waals surface area contributed by atoms with E-state index in [1.54, 1.807) is 14.2 Å². The minimum atomic E-state index is -0.513. The number of likely N-dealkylation sites (N-methyl/N-ethyl adjacent to an activating group) is 1. The Kier molecular flexibility index (Phi) is 4.37. The third-order valence-electron chi connectivity index (χ3n) is 3.91. The van der Waals surface area contributed by atoms with Crippen molar-refractivity contribution in [3.63, 3.8) is 0 Å². The summed E-state index contributed by atoms with van der Waals surface area (Å²) in [4.78, 5) is 14.2. The largest absolute Gasteiger partial charge is 0.497 e. The molecule has 0 aliphatic carbocycles. The summed E-state index contributed by atoms with van der Waals surface area (Å²) in [6.45, 7) is 1.19. The molecular weight excluding hydrogens is 292 g/mol. The van der Waals surface area contributed by atoms with E-state index in [9.17, 15) is 4.79 Å². The Labute approximate surface area is 135 Å². The fraction of sp³-hybridized carbons (Fsp3) is 0.278. The van der Waals surface area contributed by atoms with Gasteiger partial charge in [0.15, 0.2) is 6.10 Å². The van der Waals surface area contributed by atoms with Crippen LogP contribution in [0.15, 0.2) is 48.5 Å². The zero-order valence-corrected chi connectivity index (χ0v) is 13.3. The summed E-state index contributed by atoms with van der Waals surface area (Å²) in [7, 11) is 3.28. The van der Waals surface area contributed by atoms with Gasteiger partial charge in [-0.25, -0.2) is 0 Å².